The molecule has 0 saturated carbocycles. The number of sulfonamides is 1. The Hall–Kier alpha value is -1.50. The lowest BCUT2D eigenvalue weighted by Gasteiger charge is -2.16. The SMILES string of the molecule is CCC(NS(=O)(=O)c1cccc(C(C)=O)c1)c1cccs1. The molecule has 1 aromatic heterocycles. The average molecular weight is 323 g/mol. The number of benzene rings is 1. The lowest BCUT2D eigenvalue weighted by atomic mass is 10.2. The summed E-state index contributed by atoms with van der Waals surface area (Å²) in [6.45, 7) is 3.35. The van der Waals surface area contributed by atoms with Crippen molar-refractivity contribution in [1.82, 2.24) is 4.72 Å². The van der Waals surface area contributed by atoms with E-state index in [1.54, 1.807) is 12.1 Å². The second-order valence-electron chi connectivity index (χ2n) is 4.68. The molecule has 1 heterocycles. The molecule has 0 amide bonds. The van der Waals surface area contributed by atoms with Crippen molar-refractivity contribution in [2.45, 2.75) is 31.2 Å². The van der Waals surface area contributed by atoms with Gasteiger partial charge < -0.3 is 0 Å². The summed E-state index contributed by atoms with van der Waals surface area (Å²) in [5.74, 6) is -0.155. The van der Waals surface area contributed by atoms with E-state index in [1.165, 1.54) is 30.4 Å². The summed E-state index contributed by atoms with van der Waals surface area (Å²) in [5.41, 5.74) is 0.391. The van der Waals surface area contributed by atoms with Crippen molar-refractivity contribution in [3.8, 4) is 0 Å². The van der Waals surface area contributed by atoms with Crippen molar-refractivity contribution in [2.75, 3.05) is 0 Å². The number of carbonyl (C=O) groups excluding carboxylic acids is 1. The summed E-state index contributed by atoms with van der Waals surface area (Å²) in [6, 6.07) is 9.65. The first-order valence-electron chi connectivity index (χ1n) is 6.60. The minimum absolute atomic E-state index is 0.116. The number of thiophene rings is 1. The van der Waals surface area contributed by atoms with Crippen LogP contribution in [0.25, 0.3) is 0 Å². The summed E-state index contributed by atoms with van der Waals surface area (Å²) in [6.07, 6.45) is 0.659. The molecular weight excluding hydrogens is 306 g/mol. The molecule has 0 aliphatic heterocycles. The van der Waals surface area contributed by atoms with E-state index in [2.05, 4.69) is 4.72 Å². The van der Waals surface area contributed by atoms with Crippen LogP contribution in [0.4, 0.5) is 0 Å². The van der Waals surface area contributed by atoms with E-state index in [4.69, 9.17) is 0 Å². The molecule has 1 unspecified atom stereocenters. The Kier molecular flexibility index (Phi) is 4.92. The highest BCUT2D eigenvalue weighted by Crippen LogP contribution is 2.24. The van der Waals surface area contributed by atoms with Gasteiger partial charge >= 0.3 is 0 Å². The van der Waals surface area contributed by atoms with Gasteiger partial charge in [0.2, 0.25) is 10.0 Å². The third-order valence-electron chi connectivity index (χ3n) is 3.14. The van der Waals surface area contributed by atoms with Gasteiger partial charge in [0.05, 0.1) is 10.9 Å². The molecule has 6 heteroatoms. The molecule has 0 aliphatic carbocycles. The Morgan fingerprint density at radius 1 is 1.29 bits per heavy atom. The molecule has 2 aromatic rings. The molecule has 0 aliphatic rings. The molecule has 21 heavy (non-hydrogen) atoms. The smallest absolute Gasteiger partial charge is 0.241 e. The predicted octanol–water partition coefficient (Wildman–Crippen LogP) is 3.38. The van der Waals surface area contributed by atoms with E-state index in [0.29, 0.717) is 12.0 Å². The molecule has 0 bridgehead atoms. The van der Waals surface area contributed by atoms with Crippen LogP contribution in [0.1, 0.15) is 41.5 Å². The lowest BCUT2D eigenvalue weighted by Crippen LogP contribution is -2.28. The number of ketones is 1. The van der Waals surface area contributed by atoms with Crippen LogP contribution in [0.5, 0.6) is 0 Å². The predicted molar refractivity (Wildman–Crippen MR) is 84.1 cm³/mol. The van der Waals surface area contributed by atoms with Gasteiger partial charge in [-0.3, -0.25) is 4.79 Å². The van der Waals surface area contributed by atoms with Gasteiger partial charge in [-0.1, -0.05) is 25.1 Å². The topological polar surface area (TPSA) is 63.2 Å². The first kappa shape index (κ1) is 15.9. The maximum absolute atomic E-state index is 12.5. The van der Waals surface area contributed by atoms with E-state index < -0.39 is 10.0 Å². The van der Waals surface area contributed by atoms with Gasteiger partial charge in [0, 0.05) is 10.4 Å². The van der Waals surface area contributed by atoms with Crippen LogP contribution in [0.3, 0.4) is 0 Å². The van der Waals surface area contributed by atoms with Crippen LogP contribution in [-0.4, -0.2) is 14.2 Å². The second kappa shape index (κ2) is 6.51. The molecule has 4 nitrogen and oxygen atoms in total. The van der Waals surface area contributed by atoms with Crippen molar-refractivity contribution in [2.24, 2.45) is 0 Å². The minimum Gasteiger partial charge on any atom is -0.295 e. The monoisotopic (exact) mass is 323 g/mol. The molecule has 112 valence electrons. The normalized spacial score (nSPS) is 13.0. The van der Waals surface area contributed by atoms with Gasteiger partial charge in [-0.25, -0.2) is 13.1 Å². The zero-order chi connectivity index (χ0) is 15.5. The lowest BCUT2D eigenvalue weighted by molar-refractivity contribution is 0.101. The number of rotatable bonds is 6. The van der Waals surface area contributed by atoms with E-state index in [-0.39, 0.29) is 16.7 Å². The van der Waals surface area contributed by atoms with E-state index >= 15 is 0 Å². The van der Waals surface area contributed by atoms with Crippen LogP contribution in [0.2, 0.25) is 0 Å². The van der Waals surface area contributed by atoms with Gasteiger partial charge in [0.1, 0.15) is 0 Å². The molecule has 0 saturated heterocycles. The van der Waals surface area contributed by atoms with Crippen molar-refractivity contribution in [3.63, 3.8) is 0 Å². The quantitative estimate of drug-likeness (QED) is 0.829. The fourth-order valence-corrected chi connectivity index (χ4v) is 4.25. The third-order valence-corrected chi connectivity index (χ3v) is 5.60. The number of hydrogen-bond donors (Lipinski definition) is 1. The fraction of sp³-hybridized carbons (Fsp3) is 0.267. The highest BCUT2D eigenvalue weighted by Gasteiger charge is 2.21. The van der Waals surface area contributed by atoms with Crippen molar-refractivity contribution in [1.29, 1.82) is 0 Å². The molecular formula is C15H17NO3S2. The number of nitrogens with one attached hydrogen (secondary N) is 1. The maximum Gasteiger partial charge on any atom is 0.241 e. The number of hydrogen-bond acceptors (Lipinski definition) is 4. The molecule has 0 radical (unpaired) electrons. The van der Waals surface area contributed by atoms with E-state index in [9.17, 15) is 13.2 Å². The number of carbonyl (C=O) groups is 1. The molecule has 2 rings (SSSR count). The summed E-state index contributed by atoms with van der Waals surface area (Å²) in [5, 5.41) is 1.92. The Morgan fingerprint density at radius 3 is 2.62 bits per heavy atom. The zero-order valence-corrected chi connectivity index (χ0v) is 13.5. The highest BCUT2D eigenvalue weighted by molar-refractivity contribution is 7.89. The van der Waals surface area contributed by atoms with Crippen molar-refractivity contribution >= 4 is 27.1 Å². The molecule has 1 aromatic carbocycles. The first-order chi connectivity index (χ1) is 9.94. The fourth-order valence-electron chi connectivity index (χ4n) is 1.97. The van der Waals surface area contributed by atoms with Crippen LogP contribution < -0.4 is 4.72 Å². The summed E-state index contributed by atoms with van der Waals surface area (Å²) in [4.78, 5) is 12.5. The average Bonchev–Trinajstić information content (AvgIpc) is 2.99. The van der Waals surface area contributed by atoms with Crippen LogP contribution in [0.15, 0.2) is 46.7 Å². The third kappa shape index (κ3) is 3.78. The van der Waals surface area contributed by atoms with Crippen LogP contribution in [-0.2, 0) is 10.0 Å². The Labute approximate surface area is 128 Å². The summed E-state index contributed by atoms with van der Waals surface area (Å²) >= 11 is 1.52. The van der Waals surface area contributed by atoms with Crippen LogP contribution >= 0.6 is 11.3 Å². The Morgan fingerprint density at radius 2 is 2.05 bits per heavy atom. The number of Topliss-reactive ketones (excluding diaryl/α,β-unsaturated/α-hetero) is 1. The maximum atomic E-state index is 12.5. The van der Waals surface area contributed by atoms with Gasteiger partial charge in [0.15, 0.2) is 5.78 Å². The van der Waals surface area contributed by atoms with E-state index in [1.807, 2.05) is 24.4 Å². The summed E-state index contributed by atoms with van der Waals surface area (Å²) in [7, 11) is -3.65. The van der Waals surface area contributed by atoms with Gasteiger partial charge in [-0.15, -0.1) is 11.3 Å². The second-order valence-corrected chi connectivity index (χ2v) is 7.37. The van der Waals surface area contributed by atoms with Crippen molar-refractivity contribution in [3.05, 3.63) is 52.2 Å². The molecule has 1 N–H and O–H groups in total. The van der Waals surface area contributed by atoms with Gasteiger partial charge in [0.25, 0.3) is 0 Å². The molecule has 0 fully saturated rings. The first-order valence-corrected chi connectivity index (χ1v) is 8.97. The van der Waals surface area contributed by atoms with Gasteiger partial charge in [-0.05, 0) is 36.9 Å². The van der Waals surface area contributed by atoms with Crippen molar-refractivity contribution < 1.29 is 13.2 Å². The Balaban J connectivity index is 2.29. The standard InChI is InChI=1S/C15H17NO3S2/c1-3-14(15-8-5-9-20-15)16-21(18,19)13-7-4-6-12(10-13)11(2)17/h4-10,14,16H,3H2,1-2H3. The zero-order valence-electron chi connectivity index (χ0n) is 11.9. The van der Waals surface area contributed by atoms with E-state index in [0.717, 1.165) is 4.88 Å². The Bertz CT molecular complexity index is 721. The largest absolute Gasteiger partial charge is 0.295 e. The van der Waals surface area contributed by atoms with Crippen LogP contribution in [0, 0.1) is 0 Å². The summed E-state index contributed by atoms with van der Waals surface area (Å²) < 4.78 is 27.6. The molecule has 0 spiro atoms. The van der Waals surface area contributed by atoms with Gasteiger partial charge in [-0.2, -0.15) is 0 Å². The highest BCUT2D eigenvalue weighted by atomic mass is 32.2. The minimum atomic E-state index is -3.65. The molecule has 1 atom stereocenters.